The molecule has 8 nitrogen and oxygen atoms in total. The molecular formula is C20H22N4O4S3. The molecular weight excluding hydrogens is 456 g/mol. The van der Waals surface area contributed by atoms with Crippen molar-refractivity contribution in [3.05, 3.63) is 60.2 Å². The molecule has 0 saturated heterocycles. The van der Waals surface area contributed by atoms with Crippen molar-refractivity contribution < 1.29 is 17.9 Å². The van der Waals surface area contributed by atoms with Crippen LogP contribution in [0.25, 0.3) is 0 Å². The molecule has 0 fully saturated rings. The zero-order valence-electron chi connectivity index (χ0n) is 17.2. The molecule has 11 heteroatoms. The van der Waals surface area contributed by atoms with Gasteiger partial charge in [-0.2, -0.15) is 0 Å². The Labute approximate surface area is 189 Å². The number of anilines is 2. The minimum Gasteiger partial charge on any atom is -0.481 e. The van der Waals surface area contributed by atoms with E-state index in [0.29, 0.717) is 16.6 Å². The first-order valence-corrected chi connectivity index (χ1v) is 12.9. The molecule has 1 amide bonds. The normalized spacial score (nSPS) is 12.2. The Balaban J connectivity index is 1.52. The summed E-state index contributed by atoms with van der Waals surface area (Å²) in [5.41, 5.74) is 1.69. The highest BCUT2D eigenvalue weighted by Crippen LogP contribution is 2.28. The smallest absolute Gasteiger partial charge is 0.266 e. The number of ether oxygens (including phenoxy) is 1. The van der Waals surface area contributed by atoms with Crippen molar-refractivity contribution in [1.82, 2.24) is 10.2 Å². The Morgan fingerprint density at radius 2 is 1.84 bits per heavy atom. The van der Waals surface area contributed by atoms with Gasteiger partial charge in [-0.1, -0.05) is 53.4 Å². The van der Waals surface area contributed by atoms with Crippen LogP contribution in [0.15, 0.2) is 58.9 Å². The number of thioether (sulfide) groups is 1. The molecule has 1 atom stereocenters. The summed E-state index contributed by atoms with van der Waals surface area (Å²) in [6, 6.07) is 16.5. The molecule has 0 spiro atoms. The van der Waals surface area contributed by atoms with Gasteiger partial charge in [-0.05, 0) is 36.8 Å². The number of nitrogens with zero attached hydrogens (tertiary/aromatic N) is 3. The topological polar surface area (TPSA) is 101 Å². The van der Waals surface area contributed by atoms with E-state index >= 15 is 0 Å². The lowest BCUT2D eigenvalue weighted by atomic mass is 10.2. The van der Waals surface area contributed by atoms with Crippen LogP contribution in [0.1, 0.15) is 12.5 Å². The van der Waals surface area contributed by atoms with Crippen LogP contribution in [-0.2, 0) is 20.6 Å². The molecule has 0 aliphatic rings. The van der Waals surface area contributed by atoms with E-state index in [1.807, 2.05) is 30.3 Å². The Morgan fingerprint density at radius 3 is 2.48 bits per heavy atom. The van der Waals surface area contributed by atoms with E-state index < -0.39 is 16.1 Å². The molecule has 2 aromatic carbocycles. The summed E-state index contributed by atoms with van der Waals surface area (Å²) in [6.07, 6.45) is 0.353. The SMILES string of the molecule is CC(Oc1ccc(N(C)S(C)(=O)=O)cc1)C(=O)Nc1nnc(SCc2ccccc2)s1. The minimum absolute atomic E-state index is 0.354. The Kier molecular flexibility index (Phi) is 7.52. The Hall–Kier alpha value is -2.63. The van der Waals surface area contributed by atoms with Crippen LogP contribution in [0.5, 0.6) is 5.75 Å². The van der Waals surface area contributed by atoms with Crippen LogP contribution >= 0.6 is 23.1 Å². The first-order valence-electron chi connectivity index (χ1n) is 9.24. The van der Waals surface area contributed by atoms with Gasteiger partial charge in [0.25, 0.3) is 5.91 Å². The summed E-state index contributed by atoms with van der Waals surface area (Å²) < 4.78 is 30.8. The highest BCUT2D eigenvalue weighted by atomic mass is 32.2. The molecule has 1 heterocycles. The molecule has 0 aliphatic carbocycles. The zero-order chi connectivity index (χ0) is 22.4. The lowest BCUT2D eigenvalue weighted by Crippen LogP contribution is -2.30. The number of hydrogen-bond acceptors (Lipinski definition) is 8. The summed E-state index contributed by atoms with van der Waals surface area (Å²) >= 11 is 2.86. The van der Waals surface area contributed by atoms with Gasteiger partial charge in [0.2, 0.25) is 15.2 Å². The van der Waals surface area contributed by atoms with Gasteiger partial charge in [0, 0.05) is 12.8 Å². The van der Waals surface area contributed by atoms with Gasteiger partial charge in [0.1, 0.15) is 5.75 Å². The molecule has 3 rings (SSSR count). The quantitative estimate of drug-likeness (QED) is 0.370. The van der Waals surface area contributed by atoms with Gasteiger partial charge in [-0.25, -0.2) is 8.42 Å². The molecule has 1 aromatic heterocycles. The number of sulfonamides is 1. The number of carbonyl (C=O) groups excluding carboxylic acids is 1. The average Bonchev–Trinajstić information content (AvgIpc) is 3.19. The van der Waals surface area contributed by atoms with E-state index in [1.54, 1.807) is 43.0 Å². The van der Waals surface area contributed by atoms with Crippen molar-refractivity contribution in [2.24, 2.45) is 0 Å². The largest absolute Gasteiger partial charge is 0.481 e. The fourth-order valence-corrected chi connectivity index (χ4v) is 4.64. The number of hydrogen-bond donors (Lipinski definition) is 1. The first-order chi connectivity index (χ1) is 14.7. The predicted molar refractivity (Wildman–Crippen MR) is 124 cm³/mol. The van der Waals surface area contributed by atoms with Gasteiger partial charge in [0.05, 0.1) is 11.9 Å². The van der Waals surface area contributed by atoms with Crippen LogP contribution in [0.4, 0.5) is 10.8 Å². The minimum atomic E-state index is -3.34. The number of rotatable bonds is 9. The lowest BCUT2D eigenvalue weighted by Gasteiger charge is -2.18. The van der Waals surface area contributed by atoms with Gasteiger partial charge in [0.15, 0.2) is 10.4 Å². The van der Waals surface area contributed by atoms with Gasteiger partial charge in [-0.15, -0.1) is 10.2 Å². The van der Waals surface area contributed by atoms with Crippen LogP contribution in [0.3, 0.4) is 0 Å². The van der Waals surface area contributed by atoms with E-state index in [4.69, 9.17) is 4.74 Å². The molecule has 0 bridgehead atoms. The van der Waals surface area contributed by atoms with Crippen molar-refractivity contribution in [3.8, 4) is 5.75 Å². The van der Waals surface area contributed by atoms with Crippen LogP contribution in [-0.4, -0.2) is 43.9 Å². The second-order valence-electron chi connectivity index (χ2n) is 6.62. The predicted octanol–water partition coefficient (Wildman–Crippen LogP) is 3.63. The summed E-state index contributed by atoms with van der Waals surface area (Å²) in [5, 5.41) is 11.2. The molecule has 1 N–H and O–H groups in total. The van der Waals surface area contributed by atoms with E-state index in [0.717, 1.165) is 20.7 Å². The van der Waals surface area contributed by atoms with Crippen molar-refractivity contribution in [1.29, 1.82) is 0 Å². The van der Waals surface area contributed by atoms with Crippen LogP contribution in [0, 0.1) is 0 Å². The summed E-state index contributed by atoms with van der Waals surface area (Å²) in [5.74, 6) is 0.866. The third-order valence-electron chi connectivity index (χ3n) is 4.22. The van der Waals surface area contributed by atoms with E-state index in [2.05, 4.69) is 15.5 Å². The fourth-order valence-electron chi connectivity index (χ4n) is 2.43. The highest BCUT2D eigenvalue weighted by Gasteiger charge is 2.18. The molecule has 0 radical (unpaired) electrons. The van der Waals surface area contributed by atoms with Crippen LogP contribution < -0.4 is 14.4 Å². The third kappa shape index (κ3) is 6.68. The maximum Gasteiger partial charge on any atom is 0.266 e. The average molecular weight is 479 g/mol. The first kappa shape index (κ1) is 23.0. The number of nitrogens with one attached hydrogen (secondary N) is 1. The number of benzene rings is 2. The summed E-state index contributed by atoms with van der Waals surface area (Å²) in [4.78, 5) is 12.4. The number of carbonyl (C=O) groups is 1. The van der Waals surface area contributed by atoms with Crippen molar-refractivity contribution in [3.63, 3.8) is 0 Å². The van der Waals surface area contributed by atoms with E-state index in [9.17, 15) is 13.2 Å². The van der Waals surface area contributed by atoms with Crippen molar-refractivity contribution >= 4 is 49.8 Å². The summed E-state index contributed by atoms with van der Waals surface area (Å²) in [7, 11) is -1.88. The molecule has 164 valence electrons. The molecule has 1 unspecified atom stereocenters. The van der Waals surface area contributed by atoms with Gasteiger partial charge >= 0.3 is 0 Å². The lowest BCUT2D eigenvalue weighted by molar-refractivity contribution is -0.122. The van der Waals surface area contributed by atoms with Crippen LogP contribution in [0.2, 0.25) is 0 Å². The highest BCUT2D eigenvalue weighted by molar-refractivity contribution is 8.00. The second kappa shape index (κ2) is 10.1. The summed E-state index contributed by atoms with van der Waals surface area (Å²) in [6.45, 7) is 1.62. The maximum atomic E-state index is 12.4. The zero-order valence-corrected chi connectivity index (χ0v) is 19.6. The Bertz CT molecular complexity index is 1120. The monoisotopic (exact) mass is 478 g/mol. The van der Waals surface area contributed by atoms with Gasteiger partial charge in [-0.3, -0.25) is 14.4 Å². The molecule has 3 aromatic rings. The number of aromatic nitrogens is 2. The molecule has 31 heavy (non-hydrogen) atoms. The third-order valence-corrected chi connectivity index (χ3v) is 7.47. The van der Waals surface area contributed by atoms with Crippen molar-refractivity contribution in [2.75, 3.05) is 22.9 Å². The maximum absolute atomic E-state index is 12.4. The number of amides is 1. The van der Waals surface area contributed by atoms with Gasteiger partial charge < -0.3 is 4.74 Å². The molecule has 0 aliphatic heterocycles. The van der Waals surface area contributed by atoms with Crippen molar-refractivity contribution in [2.45, 2.75) is 23.1 Å². The van der Waals surface area contributed by atoms with E-state index in [-0.39, 0.29) is 5.91 Å². The molecule has 0 saturated carbocycles. The Morgan fingerprint density at radius 1 is 1.16 bits per heavy atom. The second-order valence-corrected chi connectivity index (χ2v) is 10.8. The van der Waals surface area contributed by atoms with E-state index in [1.165, 1.54) is 23.9 Å². The fraction of sp³-hybridized carbons (Fsp3) is 0.250. The standard InChI is InChI=1S/C20H22N4O4S3/c1-14(28-17-11-9-16(10-12-17)24(2)31(3,26)27)18(25)21-19-22-23-20(30-19)29-13-15-7-5-4-6-8-15/h4-12,14H,13H2,1-3H3,(H,21,22,25).